The van der Waals surface area contributed by atoms with E-state index >= 15 is 0 Å². The van der Waals surface area contributed by atoms with Crippen LogP contribution in [0.4, 0.5) is 27.4 Å². The lowest BCUT2D eigenvalue weighted by Gasteiger charge is -2.10. The zero-order valence-corrected chi connectivity index (χ0v) is 14.4. The number of aromatic nitrogens is 2. The van der Waals surface area contributed by atoms with Crippen molar-refractivity contribution in [2.24, 2.45) is 0 Å². The molecule has 0 amide bonds. The highest BCUT2D eigenvalue weighted by molar-refractivity contribution is 5.73. The van der Waals surface area contributed by atoms with Crippen molar-refractivity contribution in [3.8, 4) is 11.5 Å². The molecule has 2 heterocycles. The van der Waals surface area contributed by atoms with Gasteiger partial charge < -0.3 is 20.1 Å². The first kappa shape index (κ1) is 17.5. The molecule has 0 saturated carbocycles. The van der Waals surface area contributed by atoms with Crippen LogP contribution in [-0.4, -0.2) is 21.7 Å². The Morgan fingerprint density at radius 3 is 2.61 bits per heavy atom. The van der Waals surface area contributed by atoms with Gasteiger partial charge in [0.15, 0.2) is 11.5 Å². The number of fused-ring (bicyclic) bond motifs is 1. The van der Waals surface area contributed by atoms with E-state index < -0.39 is 10.7 Å². The zero-order chi connectivity index (χ0) is 19.5. The number of benzene rings is 2. The first-order chi connectivity index (χ1) is 13.6. The molecule has 28 heavy (non-hydrogen) atoms. The third kappa shape index (κ3) is 3.61. The summed E-state index contributed by atoms with van der Waals surface area (Å²) in [6, 6.07) is 10.8. The Kier molecular flexibility index (Phi) is 4.58. The van der Waals surface area contributed by atoms with Gasteiger partial charge in [0.05, 0.1) is 4.92 Å². The van der Waals surface area contributed by atoms with Crippen molar-refractivity contribution in [1.29, 1.82) is 0 Å². The predicted octanol–water partition coefficient (Wildman–Crippen LogP) is 3.61. The Labute approximate surface area is 158 Å². The van der Waals surface area contributed by atoms with E-state index in [1.54, 1.807) is 12.1 Å². The quantitative estimate of drug-likeness (QED) is 0.490. The van der Waals surface area contributed by atoms with Gasteiger partial charge in [-0.15, -0.1) is 0 Å². The molecule has 2 N–H and O–H groups in total. The van der Waals surface area contributed by atoms with Gasteiger partial charge in [0.25, 0.3) is 0 Å². The van der Waals surface area contributed by atoms with Gasteiger partial charge in [-0.2, -0.15) is 0 Å². The lowest BCUT2D eigenvalue weighted by molar-refractivity contribution is -0.383. The number of nitrogens with one attached hydrogen (secondary N) is 2. The van der Waals surface area contributed by atoms with E-state index in [-0.39, 0.29) is 30.7 Å². The highest BCUT2D eigenvalue weighted by atomic mass is 19.1. The van der Waals surface area contributed by atoms with Crippen molar-refractivity contribution < 1.29 is 18.8 Å². The first-order valence-electron chi connectivity index (χ1n) is 8.24. The van der Waals surface area contributed by atoms with Crippen molar-refractivity contribution in [2.75, 3.05) is 17.4 Å². The SMILES string of the molecule is O=[N+]([O-])c1c(NCc2ccc3c(c2)OCO3)ncnc1Nc1ccc(F)cc1. The predicted molar refractivity (Wildman–Crippen MR) is 98.3 cm³/mol. The van der Waals surface area contributed by atoms with Crippen LogP contribution in [0.3, 0.4) is 0 Å². The minimum absolute atomic E-state index is 0.000190. The lowest BCUT2D eigenvalue weighted by Crippen LogP contribution is -2.08. The molecule has 1 aliphatic rings. The van der Waals surface area contributed by atoms with Crippen LogP contribution in [-0.2, 0) is 6.54 Å². The number of halogens is 1. The molecular formula is C18H14FN5O4. The molecule has 0 radical (unpaired) electrons. The third-order valence-corrected chi connectivity index (χ3v) is 4.01. The van der Waals surface area contributed by atoms with Crippen molar-refractivity contribution in [2.45, 2.75) is 6.54 Å². The van der Waals surface area contributed by atoms with E-state index in [2.05, 4.69) is 20.6 Å². The summed E-state index contributed by atoms with van der Waals surface area (Å²) in [6.45, 7) is 0.451. The summed E-state index contributed by atoms with van der Waals surface area (Å²) >= 11 is 0. The highest BCUT2D eigenvalue weighted by Gasteiger charge is 2.23. The summed E-state index contributed by atoms with van der Waals surface area (Å²) in [4.78, 5) is 19.0. The average Bonchev–Trinajstić information content (AvgIpc) is 3.16. The van der Waals surface area contributed by atoms with E-state index in [4.69, 9.17) is 9.47 Å². The third-order valence-electron chi connectivity index (χ3n) is 4.01. The molecule has 9 nitrogen and oxygen atoms in total. The number of nitrogens with zero attached hydrogens (tertiary/aromatic N) is 3. The van der Waals surface area contributed by atoms with E-state index in [1.807, 2.05) is 6.07 Å². The molecule has 0 spiro atoms. The van der Waals surface area contributed by atoms with E-state index in [1.165, 1.54) is 30.6 Å². The van der Waals surface area contributed by atoms with Crippen molar-refractivity contribution in [1.82, 2.24) is 9.97 Å². The molecule has 0 fully saturated rings. The number of nitro groups is 1. The fraction of sp³-hybridized carbons (Fsp3) is 0.111. The molecule has 1 aromatic heterocycles. The fourth-order valence-electron chi connectivity index (χ4n) is 2.68. The minimum atomic E-state index is -0.576. The Hall–Kier alpha value is -3.95. The summed E-state index contributed by atoms with van der Waals surface area (Å²) in [7, 11) is 0. The lowest BCUT2D eigenvalue weighted by atomic mass is 10.2. The van der Waals surface area contributed by atoms with Crippen molar-refractivity contribution in [3.05, 3.63) is 70.3 Å². The smallest absolute Gasteiger partial charge is 0.353 e. The van der Waals surface area contributed by atoms with Crippen LogP contribution in [0.2, 0.25) is 0 Å². The van der Waals surface area contributed by atoms with E-state index in [0.717, 1.165) is 5.56 Å². The second-order valence-corrected chi connectivity index (χ2v) is 5.85. The maximum atomic E-state index is 13.1. The van der Waals surface area contributed by atoms with Crippen LogP contribution in [0.25, 0.3) is 0 Å². The van der Waals surface area contributed by atoms with Gasteiger partial charge >= 0.3 is 5.69 Å². The largest absolute Gasteiger partial charge is 0.454 e. The number of anilines is 3. The van der Waals surface area contributed by atoms with Gasteiger partial charge in [0, 0.05) is 12.2 Å². The Morgan fingerprint density at radius 2 is 1.82 bits per heavy atom. The van der Waals surface area contributed by atoms with E-state index in [0.29, 0.717) is 17.2 Å². The monoisotopic (exact) mass is 383 g/mol. The summed E-state index contributed by atoms with van der Waals surface area (Å²) in [5.41, 5.74) is 0.989. The number of hydrogen-bond acceptors (Lipinski definition) is 8. The molecule has 142 valence electrons. The summed E-state index contributed by atoms with van der Waals surface area (Å²) in [5.74, 6) is 0.925. The topological polar surface area (TPSA) is 111 Å². The molecule has 1 aliphatic heterocycles. The molecule has 0 saturated heterocycles. The van der Waals surface area contributed by atoms with Crippen LogP contribution < -0.4 is 20.1 Å². The Morgan fingerprint density at radius 1 is 1.07 bits per heavy atom. The molecule has 10 heteroatoms. The Balaban J connectivity index is 1.56. The fourth-order valence-corrected chi connectivity index (χ4v) is 2.68. The number of hydrogen-bond donors (Lipinski definition) is 2. The summed E-state index contributed by atoms with van der Waals surface area (Å²) < 4.78 is 23.6. The second kappa shape index (κ2) is 7.35. The molecule has 0 aliphatic carbocycles. The zero-order valence-electron chi connectivity index (χ0n) is 14.4. The molecule has 2 aromatic carbocycles. The van der Waals surface area contributed by atoms with Gasteiger partial charge in [-0.25, -0.2) is 14.4 Å². The van der Waals surface area contributed by atoms with Crippen molar-refractivity contribution >= 4 is 23.0 Å². The van der Waals surface area contributed by atoms with Crippen molar-refractivity contribution in [3.63, 3.8) is 0 Å². The van der Waals surface area contributed by atoms with Gasteiger partial charge in [0.2, 0.25) is 18.4 Å². The average molecular weight is 383 g/mol. The maximum absolute atomic E-state index is 13.1. The van der Waals surface area contributed by atoms with Gasteiger partial charge in [-0.1, -0.05) is 6.07 Å². The standard InChI is InChI=1S/C18H14FN5O4/c19-12-2-4-13(5-3-12)23-18-16(24(25)26)17(21-9-22-18)20-8-11-1-6-14-15(7-11)28-10-27-14/h1-7,9H,8,10H2,(H2,20,21,22,23). The van der Waals surface area contributed by atoms with E-state index in [9.17, 15) is 14.5 Å². The molecular weight excluding hydrogens is 369 g/mol. The number of rotatable bonds is 6. The van der Waals surface area contributed by atoms with Crippen LogP contribution in [0.5, 0.6) is 11.5 Å². The minimum Gasteiger partial charge on any atom is -0.454 e. The molecule has 3 aromatic rings. The number of ether oxygens (including phenoxy) is 2. The summed E-state index contributed by atoms with van der Waals surface area (Å²) in [6.07, 6.45) is 1.21. The molecule has 0 bridgehead atoms. The molecule has 4 rings (SSSR count). The second-order valence-electron chi connectivity index (χ2n) is 5.85. The Bertz CT molecular complexity index is 1030. The summed E-state index contributed by atoms with van der Waals surface area (Å²) in [5, 5.41) is 17.4. The maximum Gasteiger partial charge on any atom is 0.353 e. The first-order valence-corrected chi connectivity index (χ1v) is 8.24. The van der Waals surface area contributed by atoms with Gasteiger partial charge in [-0.3, -0.25) is 10.1 Å². The highest BCUT2D eigenvalue weighted by Crippen LogP contribution is 2.34. The van der Waals surface area contributed by atoms with Gasteiger partial charge in [-0.05, 0) is 42.0 Å². The normalized spacial score (nSPS) is 11.9. The molecule has 0 atom stereocenters. The van der Waals surface area contributed by atoms with Crippen LogP contribution in [0.15, 0.2) is 48.8 Å². The van der Waals surface area contributed by atoms with Crippen LogP contribution in [0.1, 0.15) is 5.56 Å². The molecule has 0 unspecified atom stereocenters. The van der Waals surface area contributed by atoms with Crippen LogP contribution in [0, 0.1) is 15.9 Å². The van der Waals surface area contributed by atoms with Crippen LogP contribution >= 0.6 is 0 Å². The van der Waals surface area contributed by atoms with Gasteiger partial charge in [0.1, 0.15) is 12.1 Å².